The summed E-state index contributed by atoms with van der Waals surface area (Å²) in [6.07, 6.45) is 9.55. The zero-order valence-corrected chi connectivity index (χ0v) is 31.2. The number of aromatic hydroxyl groups is 1. The Morgan fingerprint density at radius 2 is 1.92 bits per heavy atom. The summed E-state index contributed by atoms with van der Waals surface area (Å²) in [5, 5.41) is 20.8. The number of aromatic amines is 1. The van der Waals surface area contributed by atoms with Crippen LogP contribution in [-0.2, 0) is 38.6 Å². The average molecular weight is 714 g/mol. The smallest absolute Gasteiger partial charge is 0.311 e. The molecular weight excluding hydrogens is 658 g/mol. The largest absolute Gasteiger partial charge is 0.508 e. The second-order valence-corrected chi connectivity index (χ2v) is 14.7. The first-order valence-corrected chi connectivity index (χ1v) is 18.9. The van der Waals surface area contributed by atoms with E-state index < -0.39 is 12.0 Å². The predicted octanol–water partition coefficient (Wildman–Crippen LogP) is 7.38. The molecule has 2 heterocycles. The number of benzene rings is 2. The molecule has 0 spiro atoms. The van der Waals surface area contributed by atoms with Gasteiger partial charge in [-0.2, -0.15) is 0 Å². The third kappa shape index (κ3) is 10.2. The number of aliphatic hydroxyl groups excluding tert-OH is 1. The molecule has 2 bridgehead atoms. The maximum Gasteiger partial charge on any atom is 0.311 e. The molecule has 2 aromatic carbocycles. The Morgan fingerprint density at radius 3 is 2.69 bits per heavy atom. The first-order valence-electron chi connectivity index (χ1n) is 18.9. The summed E-state index contributed by atoms with van der Waals surface area (Å²) >= 11 is 0. The fraction of sp³-hybridized carbons (Fsp3) is 0.524. The SMILES string of the molecule is CCC/C1=C(\C)N=C2CC(CCCC2OC(=O)C(CCCC(=O)Oc2cccc3[nH]cc(CCN(C)C)c23)Cc2ccc(O)c(CO)c2)CCC1=O. The van der Waals surface area contributed by atoms with Crippen molar-refractivity contribution in [1.29, 1.82) is 0 Å². The third-order valence-corrected chi connectivity index (χ3v) is 10.4. The lowest BCUT2D eigenvalue weighted by Crippen LogP contribution is -2.31. The number of nitrogens with zero attached hydrogens (tertiary/aromatic N) is 2. The van der Waals surface area contributed by atoms with Crippen LogP contribution in [0.4, 0.5) is 0 Å². The van der Waals surface area contributed by atoms with Crippen LogP contribution in [0, 0.1) is 11.8 Å². The highest BCUT2D eigenvalue weighted by atomic mass is 16.5. The number of allylic oxidation sites excluding steroid dienone is 2. The first kappa shape index (κ1) is 38.9. The second kappa shape index (κ2) is 18.5. The van der Waals surface area contributed by atoms with Crippen molar-refractivity contribution >= 4 is 34.3 Å². The van der Waals surface area contributed by atoms with Crippen molar-refractivity contribution < 1.29 is 34.1 Å². The number of Topliss-reactive ketones (excluding diaryl/α,β-unsaturated/α-hetero) is 1. The van der Waals surface area contributed by atoms with E-state index in [1.54, 1.807) is 12.1 Å². The molecule has 3 aromatic rings. The Kier molecular flexibility index (Phi) is 13.8. The molecule has 10 nitrogen and oxygen atoms in total. The molecule has 52 heavy (non-hydrogen) atoms. The Hall–Kier alpha value is -4.28. The normalized spacial score (nSPS) is 20.1. The molecule has 3 atom stereocenters. The number of carbonyl (C=O) groups is 3. The van der Waals surface area contributed by atoms with E-state index in [1.165, 1.54) is 6.07 Å². The summed E-state index contributed by atoms with van der Waals surface area (Å²) in [5.41, 5.74) is 5.48. The van der Waals surface area contributed by atoms with Crippen molar-refractivity contribution in [3.8, 4) is 11.5 Å². The van der Waals surface area contributed by atoms with Crippen molar-refractivity contribution in [2.75, 3.05) is 20.6 Å². The number of nitrogens with one attached hydrogen (secondary N) is 1. The van der Waals surface area contributed by atoms with Crippen LogP contribution < -0.4 is 4.74 Å². The summed E-state index contributed by atoms with van der Waals surface area (Å²) < 4.78 is 12.2. The van der Waals surface area contributed by atoms with Crippen molar-refractivity contribution in [2.45, 2.75) is 110 Å². The fourth-order valence-corrected chi connectivity index (χ4v) is 7.55. The third-order valence-electron chi connectivity index (χ3n) is 10.4. The molecule has 2 aliphatic rings. The molecule has 0 saturated heterocycles. The molecule has 3 N–H and O–H groups in total. The highest BCUT2D eigenvalue weighted by molar-refractivity contribution is 5.98. The number of fused-ring (bicyclic) bond motifs is 3. The minimum absolute atomic E-state index is 0.00833. The van der Waals surface area contributed by atoms with E-state index in [4.69, 9.17) is 14.5 Å². The van der Waals surface area contributed by atoms with Gasteiger partial charge < -0.3 is 29.6 Å². The lowest BCUT2D eigenvalue weighted by molar-refractivity contribution is -0.152. The number of hydrogen-bond donors (Lipinski definition) is 3. The standard InChI is InChI=1S/C42H55N3O7/c1-5-9-33-27(2)44-35-24-28(16-19-37(33)48)10-6-13-38(35)52-42(50)30(22-29-17-18-36(47)32(23-29)26-46)11-7-15-40(49)51-39-14-8-12-34-41(39)31(25-43-34)20-21-45(3)4/h8,12,14,17-18,23,25,28,30,38,43,46-47H,5-7,9-11,13,15-16,19-22,24,26H2,1-4H3/b33-27-,44-35?. The summed E-state index contributed by atoms with van der Waals surface area (Å²) in [6, 6.07) is 10.6. The van der Waals surface area contributed by atoms with Gasteiger partial charge in [0, 0.05) is 53.3 Å². The van der Waals surface area contributed by atoms with Crippen molar-refractivity contribution in [3.05, 3.63) is 70.6 Å². The van der Waals surface area contributed by atoms with Crippen LogP contribution in [0.2, 0.25) is 0 Å². The zero-order chi connectivity index (χ0) is 37.2. The molecule has 3 unspecified atom stereocenters. The molecule has 0 amide bonds. The second-order valence-electron chi connectivity index (χ2n) is 14.7. The van der Waals surface area contributed by atoms with Gasteiger partial charge in [-0.25, -0.2) is 0 Å². The average Bonchev–Trinajstić information content (AvgIpc) is 3.47. The number of likely N-dealkylation sites (N-methyl/N-ethyl adjacent to an activating group) is 1. The number of aliphatic imine (C=N–C) groups is 1. The van der Waals surface area contributed by atoms with Crippen LogP contribution in [0.1, 0.15) is 101 Å². The van der Waals surface area contributed by atoms with Gasteiger partial charge in [0.2, 0.25) is 0 Å². The number of hydrogen-bond acceptors (Lipinski definition) is 9. The monoisotopic (exact) mass is 713 g/mol. The number of ether oxygens (including phenoxy) is 2. The van der Waals surface area contributed by atoms with Gasteiger partial charge in [-0.05, 0) is 127 Å². The maximum absolute atomic E-state index is 14.1. The van der Waals surface area contributed by atoms with Crippen LogP contribution in [0.3, 0.4) is 0 Å². The van der Waals surface area contributed by atoms with E-state index in [2.05, 4.69) is 16.8 Å². The van der Waals surface area contributed by atoms with E-state index in [0.29, 0.717) is 62.2 Å². The first-order chi connectivity index (χ1) is 25.1. The molecule has 1 saturated carbocycles. The molecule has 5 rings (SSSR count). The highest BCUT2D eigenvalue weighted by Gasteiger charge is 2.32. The summed E-state index contributed by atoms with van der Waals surface area (Å²) in [4.78, 5) is 50.8. The van der Waals surface area contributed by atoms with Gasteiger partial charge in [0.05, 0.1) is 18.2 Å². The summed E-state index contributed by atoms with van der Waals surface area (Å²) in [5.74, 6) is -0.326. The Labute approximate surface area is 307 Å². The van der Waals surface area contributed by atoms with E-state index in [0.717, 1.165) is 77.7 Å². The van der Waals surface area contributed by atoms with E-state index in [9.17, 15) is 24.6 Å². The number of carbonyl (C=O) groups excluding carboxylic acids is 3. The van der Waals surface area contributed by atoms with Crippen LogP contribution in [-0.4, -0.2) is 70.3 Å². The predicted molar refractivity (Wildman–Crippen MR) is 202 cm³/mol. The Bertz CT molecular complexity index is 1790. The van der Waals surface area contributed by atoms with Gasteiger partial charge in [0.25, 0.3) is 0 Å². The van der Waals surface area contributed by atoms with Gasteiger partial charge >= 0.3 is 11.9 Å². The lowest BCUT2D eigenvalue weighted by atomic mass is 9.91. The summed E-state index contributed by atoms with van der Waals surface area (Å²) in [7, 11) is 4.05. The molecule has 0 radical (unpaired) electrons. The number of aromatic nitrogens is 1. The quantitative estimate of drug-likeness (QED) is 0.109. The summed E-state index contributed by atoms with van der Waals surface area (Å²) in [6.45, 7) is 4.49. The number of ketones is 1. The molecule has 1 aromatic heterocycles. The maximum atomic E-state index is 14.1. The van der Waals surface area contributed by atoms with Gasteiger partial charge in [0.15, 0.2) is 5.78 Å². The zero-order valence-electron chi connectivity index (χ0n) is 31.2. The number of aliphatic hydroxyl groups is 1. The van der Waals surface area contributed by atoms with Crippen LogP contribution >= 0.6 is 0 Å². The molecule has 10 heteroatoms. The van der Waals surface area contributed by atoms with Crippen molar-refractivity contribution in [3.63, 3.8) is 0 Å². The fourth-order valence-electron chi connectivity index (χ4n) is 7.55. The molecular formula is C42H55N3O7. The minimum Gasteiger partial charge on any atom is -0.508 e. The number of esters is 2. The number of H-pyrrole nitrogens is 1. The molecule has 1 aliphatic heterocycles. The van der Waals surface area contributed by atoms with Gasteiger partial charge in [-0.1, -0.05) is 25.5 Å². The molecule has 280 valence electrons. The minimum atomic E-state index is -0.584. The lowest BCUT2D eigenvalue weighted by Gasteiger charge is -2.23. The Morgan fingerprint density at radius 1 is 1.10 bits per heavy atom. The van der Waals surface area contributed by atoms with E-state index >= 15 is 0 Å². The van der Waals surface area contributed by atoms with E-state index in [-0.39, 0.29) is 36.5 Å². The van der Waals surface area contributed by atoms with Crippen LogP contribution in [0.5, 0.6) is 11.5 Å². The number of rotatable bonds is 15. The van der Waals surface area contributed by atoms with E-state index in [1.807, 2.05) is 45.4 Å². The van der Waals surface area contributed by atoms with Crippen LogP contribution in [0.25, 0.3) is 10.9 Å². The van der Waals surface area contributed by atoms with Crippen molar-refractivity contribution in [1.82, 2.24) is 9.88 Å². The van der Waals surface area contributed by atoms with Gasteiger partial charge in [-0.15, -0.1) is 0 Å². The Balaban J connectivity index is 1.32. The highest BCUT2D eigenvalue weighted by Crippen LogP contribution is 2.33. The molecule has 1 fully saturated rings. The van der Waals surface area contributed by atoms with Crippen molar-refractivity contribution in [2.24, 2.45) is 16.8 Å². The van der Waals surface area contributed by atoms with Gasteiger partial charge in [0.1, 0.15) is 17.6 Å². The van der Waals surface area contributed by atoms with Gasteiger partial charge in [-0.3, -0.25) is 19.4 Å². The topological polar surface area (TPSA) is 142 Å². The molecule has 1 aliphatic carbocycles. The number of phenols is 1. The van der Waals surface area contributed by atoms with Crippen LogP contribution in [0.15, 0.2) is 58.9 Å².